The number of carboxylic acids is 1. The molecular weight excluding hydrogens is 258 g/mol. The van der Waals surface area contributed by atoms with E-state index in [1.54, 1.807) is 18.2 Å². The Morgan fingerprint density at radius 2 is 1.80 bits per heavy atom. The van der Waals surface area contributed by atoms with E-state index in [1.807, 2.05) is 12.2 Å². The number of hydrogen-bond acceptors (Lipinski definition) is 4. The van der Waals surface area contributed by atoms with E-state index in [4.69, 9.17) is 0 Å². The Morgan fingerprint density at radius 3 is 2.45 bits per heavy atom. The van der Waals surface area contributed by atoms with Crippen molar-refractivity contribution in [3.8, 4) is 5.75 Å². The van der Waals surface area contributed by atoms with Crippen LogP contribution in [0.3, 0.4) is 0 Å². The third kappa shape index (κ3) is 1.95. The molecule has 0 aromatic heterocycles. The third-order valence-electron chi connectivity index (χ3n) is 4.20. The lowest BCUT2D eigenvalue weighted by atomic mass is 9.82. The van der Waals surface area contributed by atoms with Gasteiger partial charge in [-0.15, -0.1) is 0 Å². The summed E-state index contributed by atoms with van der Waals surface area (Å²) in [6.07, 6.45) is 4.44. The first kappa shape index (κ1) is 12.7. The molecule has 1 aromatic carbocycles. The van der Waals surface area contributed by atoms with Crippen molar-refractivity contribution in [2.24, 2.45) is 23.7 Å². The van der Waals surface area contributed by atoms with Gasteiger partial charge in [0.15, 0.2) is 0 Å². The van der Waals surface area contributed by atoms with Crippen LogP contribution in [0.25, 0.3) is 0 Å². The Hall–Kier alpha value is -2.30. The summed E-state index contributed by atoms with van der Waals surface area (Å²) in [7, 11) is 0. The number of carboxylic acid groups (broad SMARTS) is 1. The second-order valence-corrected chi connectivity index (χ2v) is 5.33. The van der Waals surface area contributed by atoms with E-state index in [1.165, 1.54) is 6.07 Å². The molecule has 2 aliphatic carbocycles. The maximum absolute atomic E-state index is 12.3. The molecule has 0 radical (unpaired) electrons. The fourth-order valence-corrected chi connectivity index (χ4v) is 3.30. The number of aromatic hydroxyl groups is 1. The van der Waals surface area contributed by atoms with Crippen molar-refractivity contribution in [2.75, 3.05) is 5.32 Å². The molecule has 2 aliphatic rings. The zero-order chi connectivity index (χ0) is 14.3. The molecule has 5 nitrogen and oxygen atoms in total. The molecule has 2 N–H and O–H groups in total. The van der Waals surface area contributed by atoms with Crippen molar-refractivity contribution in [1.29, 1.82) is 0 Å². The van der Waals surface area contributed by atoms with E-state index in [2.05, 4.69) is 5.32 Å². The highest BCUT2D eigenvalue weighted by molar-refractivity contribution is 5.97. The van der Waals surface area contributed by atoms with Gasteiger partial charge in [-0.1, -0.05) is 24.3 Å². The predicted octanol–water partition coefficient (Wildman–Crippen LogP) is 0.519. The standard InChI is InChI=1S/C15H15NO4/c17-11-4-2-1-3-10(11)16-14(18)12-8-5-6-9(7-8)13(12)15(19)20/h1-6,8-9,12-13,17H,7H2,(H,16,18)(H,19,20)/p-1/t8-,9-,12-,13-/m0/s1. The molecule has 0 unspecified atom stereocenters. The number of amides is 1. The van der Waals surface area contributed by atoms with Crippen molar-refractivity contribution < 1.29 is 19.8 Å². The van der Waals surface area contributed by atoms with Crippen LogP contribution < -0.4 is 10.4 Å². The van der Waals surface area contributed by atoms with Gasteiger partial charge in [-0.25, -0.2) is 0 Å². The lowest BCUT2D eigenvalue weighted by Crippen LogP contribution is -2.42. The largest absolute Gasteiger partial charge is 0.550 e. The minimum atomic E-state index is -1.18. The first-order valence-corrected chi connectivity index (χ1v) is 6.56. The molecule has 104 valence electrons. The van der Waals surface area contributed by atoms with Crippen molar-refractivity contribution >= 4 is 17.6 Å². The monoisotopic (exact) mass is 272 g/mol. The highest BCUT2D eigenvalue weighted by Gasteiger charge is 2.48. The Morgan fingerprint density at radius 1 is 1.15 bits per heavy atom. The van der Waals surface area contributed by atoms with E-state index in [0.29, 0.717) is 12.1 Å². The van der Waals surface area contributed by atoms with Crippen LogP contribution in [-0.2, 0) is 9.59 Å². The SMILES string of the molecule is O=C([O-])[C@@H]1[C@@H](C(=O)Nc2ccccc2O)[C@H]2C=C[C@H]1C2. The Balaban J connectivity index is 1.82. The maximum Gasteiger partial charge on any atom is 0.228 e. The number of phenols is 1. The van der Waals surface area contributed by atoms with Crippen LogP contribution in [0.4, 0.5) is 5.69 Å². The Bertz CT molecular complexity index is 595. The number of benzene rings is 1. The molecule has 3 rings (SSSR count). The molecule has 4 atom stereocenters. The molecular formula is C15H14NO4-. The molecule has 0 aliphatic heterocycles. The highest BCUT2D eigenvalue weighted by Crippen LogP contribution is 2.48. The number of hydrogen-bond donors (Lipinski definition) is 2. The van der Waals surface area contributed by atoms with Crippen LogP contribution in [0.5, 0.6) is 5.75 Å². The van der Waals surface area contributed by atoms with Gasteiger partial charge in [-0.3, -0.25) is 4.79 Å². The summed E-state index contributed by atoms with van der Waals surface area (Å²) in [6.45, 7) is 0. The minimum absolute atomic E-state index is 0.0375. The maximum atomic E-state index is 12.3. The summed E-state index contributed by atoms with van der Waals surface area (Å²) < 4.78 is 0. The summed E-state index contributed by atoms with van der Waals surface area (Å²) in [5, 5.41) is 23.5. The minimum Gasteiger partial charge on any atom is -0.550 e. The van der Waals surface area contributed by atoms with Crippen LogP contribution in [0, 0.1) is 23.7 Å². The molecule has 0 heterocycles. The van der Waals surface area contributed by atoms with Crippen LogP contribution in [0.2, 0.25) is 0 Å². The average molecular weight is 272 g/mol. The lowest BCUT2D eigenvalue weighted by molar-refractivity contribution is -0.313. The van der Waals surface area contributed by atoms with Gasteiger partial charge in [0.05, 0.1) is 11.6 Å². The molecule has 1 aromatic rings. The van der Waals surface area contributed by atoms with Crippen LogP contribution in [0.1, 0.15) is 6.42 Å². The van der Waals surface area contributed by atoms with E-state index in [9.17, 15) is 19.8 Å². The average Bonchev–Trinajstić information content (AvgIpc) is 3.01. The highest BCUT2D eigenvalue weighted by atomic mass is 16.4. The summed E-state index contributed by atoms with van der Waals surface area (Å²) in [5.74, 6) is -3.19. The number of aliphatic carboxylic acids is 1. The zero-order valence-corrected chi connectivity index (χ0v) is 10.7. The molecule has 2 bridgehead atoms. The normalized spacial score (nSPS) is 30.4. The molecule has 0 saturated heterocycles. The van der Waals surface area contributed by atoms with Gasteiger partial charge in [0.2, 0.25) is 5.91 Å². The second-order valence-electron chi connectivity index (χ2n) is 5.33. The number of phenolic OH excluding ortho intramolecular Hbond substituents is 1. The number of allylic oxidation sites excluding steroid dienone is 2. The number of fused-ring (bicyclic) bond motifs is 2. The number of nitrogens with one attached hydrogen (secondary N) is 1. The number of carbonyl (C=O) groups excluding carboxylic acids is 2. The van der Waals surface area contributed by atoms with Crippen molar-refractivity contribution in [2.45, 2.75) is 6.42 Å². The van der Waals surface area contributed by atoms with Gasteiger partial charge in [-0.2, -0.15) is 0 Å². The second kappa shape index (κ2) is 4.67. The fourth-order valence-electron chi connectivity index (χ4n) is 3.30. The van der Waals surface area contributed by atoms with E-state index in [-0.39, 0.29) is 23.5 Å². The number of rotatable bonds is 3. The number of anilines is 1. The van der Waals surface area contributed by atoms with E-state index >= 15 is 0 Å². The van der Waals surface area contributed by atoms with Gasteiger partial charge >= 0.3 is 0 Å². The molecule has 0 spiro atoms. The summed E-state index contributed by atoms with van der Waals surface area (Å²) in [6, 6.07) is 6.37. The van der Waals surface area contributed by atoms with E-state index < -0.39 is 17.8 Å². The van der Waals surface area contributed by atoms with Gasteiger partial charge in [0.25, 0.3) is 0 Å². The quantitative estimate of drug-likeness (QED) is 0.620. The van der Waals surface area contributed by atoms with Crippen LogP contribution in [-0.4, -0.2) is 17.0 Å². The Kier molecular flexibility index (Phi) is 2.97. The molecule has 1 fully saturated rings. The predicted molar refractivity (Wildman–Crippen MR) is 69.5 cm³/mol. The van der Waals surface area contributed by atoms with Gasteiger partial charge in [0.1, 0.15) is 5.75 Å². The number of carbonyl (C=O) groups is 2. The van der Waals surface area contributed by atoms with Gasteiger partial charge < -0.3 is 20.3 Å². The summed E-state index contributed by atoms with van der Waals surface area (Å²) >= 11 is 0. The van der Waals surface area contributed by atoms with Crippen LogP contribution in [0.15, 0.2) is 36.4 Å². The first-order chi connectivity index (χ1) is 9.58. The topological polar surface area (TPSA) is 89.5 Å². The van der Waals surface area contributed by atoms with Crippen LogP contribution >= 0.6 is 0 Å². The van der Waals surface area contributed by atoms with Crippen molar-refractivity contribution in [3.05, 3.63) is 36.4 Å². The van der Waals surface area contributed by atoms with Crippen molar-refractivity contribution in [3.63, 3.8) is 0 Å². The lowest BCUT2D eigenvalue weighted by Gasteiger charge is -2.27. The first-order valence-electron chi connectivity index (χ1n) is 6.56. The zero-order valence-electron chi connectivity index (χ0n) is 10.7. The number of para-hydroxylation sites is 2. The smallest absolute Gasteiger partial charge is 0.228 e. The molecule has 20 heavy (non-hydrogen) atoms. The molecule has 1 saturated carbocycles. The summed E-state index contributed by atoms with van der Waals surface area (Å²) in [5.41, 5.74) is 0.293. The fraction of sp³-hybridized carbons (Fsp3) is 0.333. The molecule has 1 amide bonds. The molecule has 5 heteroatoms. The Labute approximate surface area is 115 Å². The van der Waals surface area contributed by atoms with Crippen molar-refractivity contribution in [1.82, 2.24) is 0 Å². The summed E-state index contributed by atoms with van der Waals surface area (Å²) in [4.78, 5) is 23.6. The van der Waals surface area contributed by atoms with Gasteiger partial charge in [-0.05, 0) is 30.4 Å². The van der Waals surface area contributed by atoms with E-state index in [0.717, 1.165) is 0 Å². The third-order valence-corrected chi connectivity index (χ3v) is 4.20. The van der Waals surface area contributed by atoms with Gasteiger partial charge in [0, 0.05) is 11.9 Å².